The van der Waals surface area contributed by atoms with Crippen molar-refractivity contribution in [1.82, 2.24) is 5.32 Å². The van der Waals surface area contributed by atoms with Crippen molar-refractivity contribution in [3.05, 3.63) is 29.8 Å². The molecular formula is C17H25NO2. The van der Waals surface area contributed by atoms with Crippen molar-refractivity contribution in [2.45, 2.75) is 44.2 Å². The van der Waals surface area contributed by atoms with E-state index in [4.69, 9.17) is 9.47 Å². The van der Waals surface area contributed by atoms with E-state index in [0.29, 0.717) is 24.0 Å². The van der Waals surface area contributed by atoms with Crippen LogP contribution in [0.3, 0.4) is 0 Å². The summed E-state index contributed by atoms with van der Waals surface area (Å²) in [5.74, 6) is 2.33. The first-order valence-corrected chi connectivity index (χ1v) is 7.78. The highest BCUT2D eigenvalue weighted by molar-refractivity contribution is 5.37. The van der Waals surface area contributed by atoms with Crippen LogP contribution in [-0.4, -0.2) is 32.4 Å². The molecule has 1 aromatic rings. The second kappa shape index (κ2) is 6.15. The van der Waals surface area contributed by atoms with Crippen LogP contribution >= 0.6 is 0 Å². The zero-order chi connectivity index (χ0) is 13.9. The summed E-state index contributed by atoms with van der Waals surface area (Å²) in [6.45, 7) is 3.92. The van der Waals surface area contributed by atoms with Crippen molar-refractivity contribution in [2.24, 2.45) is 5.92 Å². The number of nitrogens with one attached hydrogen (secondary N) is 1. The Labute approximate surface area is 121 Å². The van der Waals surface area contributed by atoms with Crippen LogP contribution in [0, 0.1) is 5.92 Å². The lowest BCUT2D eigenvalue weighted by atomic mass is 9.83. The minimum atomic E-state index is 0.415. The zero-order valence-electron chi connectivity index (χ0n) is 12.5. The van der Waals surface area contributed by atoms with Crippen molar-refractivity contribution in [3.63, 3.8) is 0 Å². The average Bonchev–Trinajstić information content (AvgIpc) is 2.91. The Hall–Kier alpha value is -1.06. The van der Waals surface area contributed by atoms with Crippen LogP contribution in [0.1, 0.15) is 37.7 Å². The standard InChI is InChI=1S/C17H25NO2/c1-12-9-14(11-20-12)16(18-2)10-13-7-8-19-17-6-4-3-5-15(13)17/h3-6,12-14,16,18H,7-11H2,1-2H3. The van der Waals surface area contributed by atoms with E-state index in [2.05, 4.69) is 43.6 Å². The van der Waals surface area contributed by atoms with E-state index in [1.54, 1.807) is 0 Å². The van der Waals surface area contributed by atoms with E-state index in [1.165, 1.54) is 18.4 Å². The molecule has 1 fully saturated rings. The van der Waals surface area contributed by atoms with Gasteiger partial charge in [-0.05, 0) is 50.8 Å². The molecule has 0 aromatic heterocycles. The number of ether oxygens (including phenoxy) is 2. The van der Waals surface area contributed by atoms with Gasteiger partial charge in [0.05, 0.1) is 19.3 Å². The minimum absolute atomic E-state index is 0.415. The van der Waals surface area contributed by atoms with Gasteiger partial charge in [0.25, 0.3) is 0 Å². The predicted molar refractivity (Wildman–Crippen MR) is 80.3 cm³/mol. The Morgan fingerprint density at radius 3 is 2.95 bits per heavy atom. The van der Waals surface area contributed by atoms with Gasteiger partial charge in [-0.1, -0.05) is 18.2 Å². The molecule has 4 atom stereocenters. The van der Waals surface area contributed by atoms with E-state index in [0.717, 1.165) is 25.4 Å². The highest BCUT2D eigenvalue weighted by atomic mass is 16.5. The maximum Gasteiger partial charge on any atom is 0.122 e. The van der Waals surface area contributed by atoms with Gasteiger partial charge < -0.3 is 14.8 Å². The molecule has 1 aromatic carbocycles. The van der Waals surface area contributed by atoms with Crippen LogP contribution in [0.2, 0.25) is 0 Å². The quantitative estimate of drug-likeness (QED) is 0.916. The lowest BCUT2D eigenvalue weighted by molar-refractivity contribution is 0.116. The molecule has 3 nitrogen and oxygen atoms in total. The van der Waals surface area contributed by atoms with Crippen LogP contribution in [-0.2, 0) is 4.74 Å². The van der Waals surface area contributed by atoms with Gasteiger partial charge in [-0.2, -0.15) is 0 Å². The monoisotopic (exact) mass is 275 g/mol. The van der Waals surface area contributed by atoms with Crippen LogP contribution in [0.25, 0.3) is 0 Å². The summed E-state index contributed by atoms with van der Waals surface area (Å²) in [6.07, 6.45) is 3.89. The summed E-state index contributed by atoms with van der Waals surface area (Å²) in [4.78, 5) is 0. The molecule has 0 bridgehead atoms. The largest absolute Gasteiger partial charge is 0.493 e. The maximum absolute atomic E-state index is 5.77. The third-order valence-corrected chi connectivity index (χ3v) is 4.79. The summed E-state index contributed by atoms with van der Waals surface area (Å²) in [5, 5.41) is 3.52. The Morgan fingerprint density at radius 1 is 1.35 bits per heavy atom. The van der Waals surface area contributed by atoms with E-state index < -0.39 is 0 Å². The molecule has 0 spiro atoms. The number of para-hydroxylation sites is 1. The Bertz CT molecular complexity index is 448. The summed E-state index contributed by atoms with van der Waals surface area (Å²) in [6, 6.07) is 9.03. The van der Waals surface area contributed by atoms with Gasteiger partial charge in [0.1, 0.15) is 5.75 Å². The average molecular weight is 275 g/mol. The highest BCUT2D eigenvalue weighted by Gasteiger charge is 2.32. The van der Waals surface area contributed by atoms with Crippen molar-refractivity contribution in [1.29, 1.82) is 0 Å². The number of rotatable bonds is 4. The van der Waals surface area contributed by atoms with E-state index in [-0.39, 0.29) is 0 Å². The van der Waals surface area contributed by atoms with E-state index in [1.807, 2.05) is 0 Å². The van der Waals surface area contributed by atoms with Crippen molar-refractivity contribution >= 4 is 0 Å². The van der Waals surface area contributed by atoms with Gasteiger partial charge in [-0.15, -0.1) is 0 Å². The number of hydrogen-bond acceptors (Lipinski definition) is 3. The fourth-order valence-electron chi connectivity index (χ4n) is 3.64. The third kappa shape index (κ3) is 2.84. The van der Waals surface area contributed by atoms with Crippen LogP contribution in [0.15, 0.2) is 24.3 Å². The SMILES string of the molecule is CNC(CC1CCOc2ccccc21)C1COC(C)C1. The molecule has 20 heavy (non-hydrogen) atoms. The van der Waals surface area contributed by atoms with E-state index in [9.17, 15) is 0 Å². The molecule has 1 saturated heterocycles. The molecule has 2 heterocycles. The van der Waals surface area contributed by atoms with Gasteiger partial charge in [-0.25, -0.2) is 0 Å². The minimum Gasteiger partial charge on any atom is -0.493 e. The lowest BCUT2D eigenvalue weighted by Gasteiger charge is -2.31. The maximum atomic E-state index is 5.77. The van der Waals surface area contributed by atoms with Crippen LogP contribution in [0.5, 0.6) is 5.75 Å². The molecule has 2 aliphatic heterocycles. The van der Waals surface area contributed by atoms with Crippen LogP contribution in [0.4, 0.5) is 0 Å². The first kappa shape index (κ1) is 13.9. The van der Waals surface area contributed by atoms with Gasteiger partial charge in [-0.3, -0.25) is 0 Å². The second-order valence-corrected chi connectivity index (χ2v) is 6.14. The highest BCUT2D eigenvalue weighted by Crippen LogP contribution is 2.38. The molecule has 0 saturated carbocycles. The Morgan fingerprint density at radius 2 is 2.20 bits per heavy atom. The summed E-state index contributed by atoms with van der Waals surface area (Å²) in [5.41, 5.74) is 1.38. The Balaban J connectivity index is 1.70. The second-order valence-electron chi connectivity index (χ2n) is 6.14. The molecule has 3 heteroatoms. The topological polar surface area (TPSA) is 30.5 Å². The normalized spacial score (nSPS) is 30.6. The first-order chi connectivity index (χ1) is 9.78. The molecule has 2 aliphatic rings. The van der Waals surface area contributed by atoms with Crippen molar-refractivity contribution in [3.8, 4) is 5.75 Å². The third-order valence-electron chi connectivity index (χ3n) is 4.79. The van der Waals surface area contributed by atoms with Gasteiger partial charge >= 0.3 is 0 Å². The van der Waals surface area contributed by atoms with Crippen molar-refractivity contribution < 1.29 is 9.47 Å². The van der Waals surface area contributed by atoms with Crippen molar-refractivity contribution in [2.75, 3.05) is 20.3 Å². The molecule has 0 radical (unpaired) electrons. The summed E-state index contributed by atoms with van der Waals surface area (Å²) in [7, 11) is 2.08. The molecular weight excluding hydrogens is 250 g/mol. The van der Waals surface area contributed by atoms with Gasteiger partial charge in [0, 0.05) is 12.0 Å². The van der Waals surface area contributed by atoms with E-state index >= 15 is 0 Å². The molecule has 0 aliphatic carbocycles. The van der Waals surface area contributed by atoms with Crippen LogP contribution < -0.4 is 10.1 Å². The fraction of sp³-hybridized carbons (Fsp3) is 0.647. The summed E-state index contributed by atoms with van der Waals surface area (Å²) < 4.78 is 11.5. The first-order valence-electron chi connectivity index (χ1n) is 7.78. The molecule has 3 rings (SSSR count). The van der Waals surface area contributed by atoms with Gasteiger partial charge in [0.2, 0.25) is 0 Å². The molecule has 1 N–H and O–H groups in total. The smallest absolute Gasteiger partial charge is 0.122 e. The number of benzene rings is 1. The molecule has 0 amide bonds. The fourth-order valence-corrected chi connectivity index (χ4v) is 3.64. The molecule has 110 valence electrons. The van der Waals surface area contributed by atoms with Gasteiger partial charge in [0.15, 0.2) is 0 Å². The molecule has 4 unspecified atom stereocenters. The lowest BCUT2D eigenvalue weighted by Crippen LogP contribution is -2.36. The zero-order valence-corrected chi connectivity index (χ0v) is 12.5. The predicted octanol–water partition coefficient (Wildman–Crippen LogP) is 2.96. The number of fused-ring (bicyclic) bond motifs is 1. The summed E-state index contributed by atoms with van der Waals surface area (Å²) >= 11 is 0. The Kier molecular flexibility index (Phi) is 4.27. The number of hydrogen-bond donors (Lipinski definition) is 1.